The molecule has 0 atom stereocenters. The van der Waals surface area contributed by atoms with Gasteiger partial charge in [0.2, 0.25) is 0 Å². The van der Waals surface area contributed by atoms with Gasteiger partial charge < -0.3 is 5.11 Å². The molecular formula is C19H21N2O+. The summed E-state index contributed by atoms with van der Waals surface area (Å²) in [6.07, 6.45) is 5.24. The first-order chi connectivity index (χ1) is 10.7. The second kappa shape index (κ2) is 6.48. The van der Waals surface area contributed by atoms with Crippen molar-refractivity contribution in [3.05, 3.63) is 83.9 Å². The molecule has 3 heteroatoms. The van der Waals surface area contributed by atoms with Crippen molar-refractivity contribution in [2.24, 2.45) is 0 Å². The lowest BCUT2D eigenvalue weighted by Gasteiger charge is -2.03. The van der Waals surface area contributed by atoms with Gasteiger partial charge in [0, 0.05) is 13.3 Å². The summed E-state index contributed by atoms with van der Waals surface area (Å²) in [5.74, 6) is 1.57. The van der Waals surface area contributed by atoms with E-state index in [0.717, 1.165) is 19.5 Å². The minimum atomic E-state index is 0.321. The zero-order valence-electron chi connectivity index (χ0n) is 12.8. The maximum absolute atomic E-state index is 9.32. The maximum atomic E-state index is 9.32. The molecule has 0 spiro atoms. The molecule has 0 saturated heterocycles. The number of benzene rings is 2. The van der Waals surface area contributed by atoms with Gasteiger partial charge in [0.05, 0.1) is 6.54 Å². The van der Waals surface area contributed by atoms with E-state index in [1.54, 1.807) is 12.1 Å². The number of aromatic nitrogens is 2. The number of aryl methyl sites for hydroxylation is 2. The largest absolute Gasteiger partial charge is 0.508 e. The van der Waals surface area contributed by atoms with Crippen LogP contribution in [-0.4, -0.2) is 9.67 Å². The van der Waals surface area contributed by atoms with Crippen molar-refractivity contribution in [1.82, 2.24) is 4.57 Å². The second-order valence-electron chi connectivity index (χ2n) is 5.57. The van der Waals surface area contributed by atoms with Crippen LogP contribution in [-0.2, 0) is 19.5 Å². The monoisotopic (exact) mass is 293 g/mol. The molecule has 1 N–H and O–H groups in total. The number of hydrogen-bond acceptors (Lipinski definition) is 1. The molecule has 112 valence electrons. The quantitative estimate of drug-likeness (QED) is 0.720. The molecule has 3 rings (SSSR count). The van der Waals surface area contributed by atoms with Crippen molar-refractivity contribution in [2.45, 2.75) is 26.4 Å². The van der Waals surface area contributed by atoms with E-state index in [2.05, 4.69) is 52.7 Å². The van der Waals surface area contributed by atoms with E-state index in [4.69, 9.17) is 0 Å². The molecule has 3 nitrogen and oxygen atoms in total. The van der Waals surface area contributed by atoms with Gasteiger partial charge in [0.15, 0.2) is 0 Å². The Bertz CT molecular complexity index is 730. The number of phenolic OH excluding ortho intramolecular Hbond substituents is 1. The Hall–Kier alpha value is -2.55. The average Bonchev–Trinajstić information content (AvgIpc) is 2.88. The van der Waals surface area contributed by atoms with Gasteiger partial charge >= 0.3 is 0 Å². The van der Waals surface area contributed by atoms with Gasteiger partial charge in [-0.25, -0.2) is 9.13 Å². The van der Waals surface area contributed by atoms with Crippen LogP contribution in [0.15, 0.2) is 67.0 Å². The van der Waals surface area contributed by atoms with Crippen molar-refractivity contribution >= 4 is 0 Å². The highest BCUT2D eigenvalue weighted by molar-refractivity contribution is 5.25. The van der Waals surface area contributed by atoms with Crippen molar-refractivity contribution in [3.8, 4) is 5.75 Å². The summed E-state index contributed by atoms with van der Waals surface area (Å²) in [5, 5.41) is 9.32. The molecule has 1 heterocycles. The van der Waals surface area contributed by atoms with Crippen LogP contribution in [0.2, 0.25) is 0 Å². The van der Waals surface area contributed by atoms with Crippen LogP contribution in [0.3, 0.4) is 0 Å². The lowest BCUT2D eigenvalue weighted by atomic mass is 10.1. The van der Waals surface area contributed by atoms with Gasteiger partial charge in [-0.05, 0) is 23.3 Å². The standard InChI is InChI=1S/C19H20N2O/c1-16-20(12-11-17-7-9-19(22)10-8-17)13-14-21(16)15-18-5-3-2-4-6-18/h2-10,13-14H,11-12,15H2,1H3/p+1. The molecule has 0 saturated carbocycles. The van der Waals surface area contributed by atoms with Gasteiger partial charge in [0.25, 0.3) is 5.82 Å². The molecule has 22 heavy (non-hydrogen) atoms. The molecule has 0 fully saturated rings. The second-order valence-corrected chi connectivity index (χ2v) is 5.57. The summed E-state index contributed by atoms with van der Waals surface area (Å²) in [6, 6.07) is 17.9. The molecule has 2 aromatic carbocycles. The Kier molecular flexibility index (Phi) is 4.24. The summed E-state index contributed by atoms with van der Waals surface area (Å²) in [4.78, 5) is 0. The number of nitrogens with zero attached hydrogens (tertiary/aromatic N) is 2. The first kappa shape index (κ1) is 14.4. The lowest BCUT2D eigenvalue weighted by molar-refractivity contribution is -0.694. The van der Waals surface area contributed by atoms with Crippen molar-refractivity contribution in [2.75, 3.05) is 0 Å². The fraction of sp³-hybridized carbons (Fsp3) is 0.211. The third kappa shape index (κ3) is 3.37. The van der Waals surface area contributed by atoms with Gasteiger partial charge in [-0.2, -0.15) is 0 Å². The molecule has 0 unspecified atom stereocenters. The molecule has 3 aromatic rings. The van der Waals surface area contributed by atoms with Gasteiger partial charge in [-0.3, -0.25) is 0 Å². The number of hydrogen-bond donors (Lipinski definition) is 1. The highest BCUT2D eigenvalue weighted by Crippen LogP contribution is 2.11. The number of imidazole rings is 1. The van der Waals surface area contributed by atoms with E-state index in [1.165, 1.54) is 17.0 Å². The Morgan fingerprint density at radius 2 is 1.68 bits per heavy atom. The summed E-state index contributed by atoms with van der Waals surface area (Å²) < 4.78 is 4.54. The predicted octanol–water partition coefficient (Wildman–Crippen LogP) is 3.08. The van der Waals surface area contributed by atoms with Crippen LogP contribution in [0.1, 0.15) is 17.0 Å². The molecule has 1 aromatic heterocycles. The lowest BCUT2D eigenvalue weighted by Crippen LogP contribution is -2.36. The predicted molar refractivity (Wildman–Crippen MR) is 86.7 cm³/mol. The zero-order chi connectivity index (χ0) is 15.4. The summed E-state index contributed by atoms with van der Waals surface area (Å²) in [7, 11) is 0. The van der Waals surface area contributed by atoms with E-state index < -0.39 is 0 Å². The summed E-state index contributed by atoms with van der Waals surface area (Å²) >= 11 is 0. The molecule has 0 aliphatic carbocycles. The topological polar surface area (TPSA) is 29.0 Å². The first-order valence-electron chi connectivity index (χ1n) is 7.59. The summed E-state index contributed by atoms with van der Waals surface area (Å²) in [5.41, 5.74) is 2.55. The minimum Gasteiger partial charge on any atom is -0.508 e. The highest BCUT2D eigenvalue weighted by Gasteiger charge is 2.12. The van der Waals surface area contributed by atoms with Gasteiger partial charge in [-0.1, -0.05) is 42.5 Å². The number of rotatable bonds is 5. The van der Waals surface area contributed by atoms with E-state index in [1.807, 2.05) is 18.2 Å². The van der Waals surface area contributed by atoms with E-state index in [9.17, 15) is 5.11 Å². The molecule has 0 bridgehead atoms. The molecular weight excluding hydrogens is 272 g/mol. The SMILES string of the molecule is Cc1n(CCc2ccc(O)cc2)cc[n+]1Cc1ccccc1. The van der Waals surface area contributed by atoms with Crippen molar-refractivity contribution in [1.29, 1.82) is 0 Å². The molecule has 0 radical (unpaired) electrons. The number of phenols is 1. The smallest absolute Gasteiger partial charge is 0.253 e. The first-order valence-corrected chi connectivity index (χ1v) is 7.59. The summed E-state index contributed by atoms with van der Waals surface area (Å²) in [6.45, 7) is 4.00. The van der Waals surface area contributed by atoms with Crippen molar-refractivity contribution < 1.29 is 9.67 Å². The van der Waals surface area contributed by atoms with Gasteiger partial charge in [0.1, 0.15) is 24.7 Å². The van der Waals surface area contributed by atoms with Crippen LogP contribution in [0, 0.1) is 6.92 Å². The Morgan fingerprint density at radius 3 is 2.41 bits per heavy atom. The van der Waals surface area contributed by atoms with E-state index in [-0.39, 0.29) is 0 Å². The molecule has 0 amide bonds. The zero-order valence-corrected chi connectivity index (χ0v) is 12.8. The van der Waals surface area contributed by atoms with Crippen LogP contribution in [0.5, 0.6) is 5.75 Å². The maximum Gasteiger partial charge on any atom is 0.253 e. The van der Waals surface area contributed by atoms with Crippen molar-refractivity contribution in [3.63, 3.8) is 0 Å². The van der Waals surface area contributed by atoms with E-state index in [0.29, 0.717) is 5.75 Å². The Labute approximate surface area is 131 Å². The van der Waals surface area contributed by atoms with E-state index >= 15 is 0 Å². The fourth-order valence-corrected chi connectivity index (χ4v) is 2.64. The minimum absolute atomic E-state index is 0.321. The highest BCUT2D eigenvalue weighted by atomic mass is 16.3. The van der Waals surface area contributed by atoms with Gasteiger partial charge in [-0.15, -0.1) is 0 Å². The van der Waals surface area contributed by atoms with Crippen LogP contribution in [0.4, 0.5) is 0 Å². The van der Waals surface area contributed by atoms with Crippen LogP contribution < -0.4 is 4.57 Å². The molecule has 0 aliphatic rings. The normalized spacial score (nSPS) is 10.8. The Balaban J connectivity index is 1.67. The Morgan fingerprint density at radius 1 is 0.955 bits per heavy atom. The number of aromatic hydroxyl groups is 1. The van der Waals surface area contributed by atoms with Crippen LogP contribution in [0.25, 0.3) is 0 Å². The average molecular weight is 293 g/mol. The van der Waals surface area contributed by atoms with Crippen LogP contribution >= 0.6 is 0 Å². The molecule has 0 aliphatic heterocycles. The third-order valence-corrected chi connectivity index (χ3v) is 4.03. The fourth-order valence-electron chi connectivity index (χ4n) is 2.64. The third-order valence-electron chi connectivity index (χ3n) is 4.03.